The fraction of sp³-hybridized carbons (Fsp3) is 0.273. The molecule has 24 heavy (non-hydrogen) atoms. The first-order chi connectivity index (χ1) is 11.5. The molecule has 1 aliphatic carbocycles. The Morgan fingerprint density at radius 1 is 0.875 bits per heavy atom. The van der Waals surface area contributed by atoms with Crippen LogP contribution in [0.25, 0.3) is 23.1 Å². The summed E-state index contributed by atoms with van der Waals surface area (Å²) >= 11 is 0. The fourth-order valence-electron chi connectivity index (χ4n) is 4.54. The van der Waals surface area contributed by atoms with Crippen LogP contribution in [0.3, 0.4) is 0 Å². The molecule has 1 aromatic heterocycles. The van der Waals surface area contributed by atoms with Crippen molar-refractivity contribution < 1.29 is 0 Å². The Morgan fingerprint density at radius 2 is 1.62 bits per heavy atom. The number of fused-ring (bicyclic) bond motifs is 6. The van der Waals surface area contributed by atoms with Gasteiger partial charge in [-0.25, -0.2) is 0 Å². The third-order valence-electron chi connectivity index (χ3n) is 5.86. The van der Waals surface area contributed by atoms with Crippen LogP contribution in [-0.4, -0.2) is 17.7 Å². The molecule has 0 radical (unpaired) electrons. The smallest absolute Gasteiger partial charge is 0.0584 e. The second-order valence-corrected chi connectivity index (χ2v) is 7.40. The summed E-state index contributed by atoms with van der Waals surface area (Å²) < 4.78 is 2.36. The number of anilines is 1. The van der Waals surface area contributed by atoms with E-state index >= 15 is 0 Å². The number of likely N-dealkylation sites (N-methyl/N-ethyl adjacent to an activating group) is 1. The molecule has 0 fully saturated rings. The lowest BCUT2D eigenvalue weighted by atomic mass is 9.90. The number of rotatable bonds is 0. The maximum absolute atomic E-state index is 2.48. The van der Waals surface area contributed by atoms with Crippen LogP contribution < -0.4 is 15.5 Å². The second kappa shape index (κ2) is 4.54. The van der Waals surface area contributed by atoms with Crippen LogP contribution in [0, 0.1) is 13.8 Å². The van der Waals surface area contributed by atoms with Crippen molar-refractivity contribution in [3.8, 4) is 0 Å². The van der Waals surface area contributed by atoms with E-state index in [0.717, 1.165) is 0 Å². The van der Waals surface area contributed by atoms with Crippen molar-refractivity contribution in [1.29, 1.82) is 0 Å². The van der Waals surface area contributed by atoms with Crippen molar-refractivity contribution >= 4 is 28.7 Å². The third-order valence-corrected chi connectivity index (χ3v) is 5.86. The predicted octanol–water partition coefficient (Wildman–Crippen LogP) is 2.97. The largest absolute Gasteiger partial charge is 0.367 e. The maximum atomic E-state index is 2.48. The molecule has 0 amide bonds. The maximum Gasteiger partial charge on any atom is 0.0584 e. The molecular weight excluding hydrogens is 292 g/mol. The number of hydrogen-bond acceptors (Lipinski definition) is 1. The summed E-state index contributed by atoms with van der Waals surface area (Å²) in [7, 11) is 4.42. The molecule has 2 unspecified atom stereocenters. The molecule has 2 aromatic carbocycles. The monoisotopic (exact) mass is 314 g/mol. The Labute approximate surface area is 142 Å². The topological polar surface area (TPSA) is 8.17 Å². The van der Waals surface area contributed by atoms with E-state index < -0.39 is 0 Å². The van der Waals surface area contributed by atoms with Crippen LogP contribution in [0.5, 0.6) is 0 Å². The third kappa shape index (κ3) is 1.66. The zero-order chi connectivity index (χ0) is 16.6. The first-order valence-corrected chi connectivity index (χ1v) is 8.67. The van der Waals surface area contributed by atoms with Gasteiger partial charge in [0.15, 0.2) is 0 Å². The summed E-state index contributed by atoms with van der Waals surface area (Å²) in [6.45, 7) is 4.34. The molecular formula is C22H22N2. The molecule has 5 rings (SSSR count). The number of aromatic nitrogens is 1. The normalized spacial score (nSPS) is 21.1. The van der Waals surface area contributed by atoms with Crippen molar-refractivity contribution in [2.24, 2.45) is 7.05 Å². The van der Waals surface area contributed by atoms with Crippen molar-refractivity contribution in [3.05, 3.63) is 63.7 Å². The Bertz CT molecular complexity index is 1120. The van der Waals surface area contributed by atoms with Gasteiger partial charge in [0.1, 0.15) is 0 Å². The van der Waals surface area contributed by atoms with Crippen molar-refractivity contribution in [3.63, 3.8) is 0 Å². The first-order valence-electron chi connectivity index (χ1n) is 8.67. The molecule has 2 heteroatoms. The highest BCUT2D eigenvalue weighted by molar-refractivity contribution is 5.85. The number of benzene rings is 2. The summed E-state index contributed by atoms with van der Waals surface area (Å²) in [4.78, 5) is 2.44. The van der Waals surface area contributed by atoms with Gasteiger partial charge in [0, 0.05) is 47.2 Å². The van der Waals surface area contributed by atoms with Gasteiger partial charge in [0.05, 0.1) is 6.04 Å². The number of nitrogens with zero attached hydrogens (tertiary/aromatic N) is 2. The molecule has 0 saturated carbocycles. The fourth-order valence-corrected chi connectivity index (χ4v) is 4.54. The second-order valence-electron chi connectivity index (χ2n) is 7.40. The molecule has 2 heterocycles. The zero-order valence-electron chi connectivity index (χ0n) is 14.7. The lowest BCUT2D eigenvalue weighted by Crippen LogP contribution is -2.39. The van der Waals surface area contributed by atoms with Crippen LogP contribution in [0.4, 0.5) is 5.69 Å². The van der Waals surface area contributed by atoms with E-state index in [0.29, 0.717) is 12.0 Å². The highest BCUT2D eigenvalue weighted by Gasteiger charge is 2.35. The summed E-state index contributed by atoms with van der Waals surface area (Å²) in [6.07, 6.45) is 4.96. The van der Waals surface area contributed by atoms with Crippen LogP contribution in [0.15, 0.2) is 36.4 Å². The Hall–Kier alpha value is -2.48. The van der Waals surface area contributed by atoms with E-state index in [4.69, 9.17) is 0 Å². The molecule has 2 aliphatic rings. The Morgan fingerprint density at radius 3 is 2.46 bits per heavy atom. The number of aryl methyl sites for hydroxylation is 3. The molecule has 1 aliphatic heterocycles. The van der Waals surface area contributed by atoms with Gasteiger partial charge in [-0.05, 0) is 42.7 Å². The quantitative estimate of drug-likeness (QED) is 0.619. The van der Waals surface area contributed by atoms with E-state index in [-0.39, 0.29) is 0 Å². The first kappa shape index (κ1) is 13.9. The van der Waals surface area contributed by atoms with Gasteiger partial charge in [-0.1, -0.05) is 36.4 Å². The average Bonchev–Trinajstić information content (AvgIpc) is 2.99. The standard InChI is InChI=1S/C22H22N2/c1-13-5-7-15-17-11-22-18(12-21(17)23(3)19(15)9-13)16-8-6-14(2)10-20(16)24(22)4/h5-12,17,21H,1-4H3. The number of hydrogen-bond donors (Lipinski definition) is 0. The molecule has 2 atom stereocenters. The Balaban J connectivity index is 1.84. The van der Waals surface area contributed by atoms with E-state index in [2.05, 4.69) is 86.0 Å². The van der Waals surface area contributed by atoms with Gasteiger partial charge in [-0.15, -0.1) is 0 Å². The average molecular weight is 314 g/mol. The summed E-state index contributed by atoms with van der Waals surface area (Å²) in [5.74, 6) is 0.446. The molecule has 2 nitrogen and oxygen atoms in total. The van der Waals surface area contributed by atoms with Crippen molar-refractivity contribution in [2.75, 3.05) is 11.9 Å². The van der Waals surface area contributed by atoms with E-state index in [1.165, 1.54) is 43.8 Å². The summed E-state index contributed by atoms with van der Waals surface area (Å²) in [5.41, 5.74) is 6.82. The molecule has 0 spiro atoms. The zero-order valence-corrected chi connectivity index (χ0v) is 14.7. The van der Waals surface area contributed by atoms with E-state index in [9.17, 15) is 0 Å². The van der Waals surface area contributed by atoms with Crippen molar-refractivity contribution in [2.45, 2.75) is 25.8 Å². The SMILES string of the molecule is Cc1ccc2c(c1)N(C)C1C=c3c(n(C)c4cc(C)ccc34)=CC21. The minimum atomic E-state index is 0.418. The van der Waals surface area contributed by atoms with Gasteiger partial charge in [-0.2, -0.15) is 0 Å². The highest BCUT2D eigenvalue weighted by atomic mass is 15.2. The van der Waals surface area contributed by atoms with Crippen LogP contribution in [0.1, 0.15) is 22.6 Å². The van der Waals surface area contributed by atoms with Gasteiger partial charge in [0.25, 0.3) is 0 Å². The molecule has 120 valence electrons. The minimum Gasteiger partial charge on any atom is -0.367 e. The molecule has 3 aromatic rings. The molecule has 0 saturated heterocycles. The van der Waals surface area contributed by atoms with Crippen molar-refractivity contribution in [1.82, 2.24) is 4.57 Å². The lowest BCUT2D eigenvalue weighted by Gasteiger charge is -2.24. The Kier molecular flexibility index (Phi) is 2.63. The van der Waals surface area contributed by atoms with Gasteiger partial charge >= 0.3 is 0 Å². The highest BCUT2D eigenvalue weighted by Crippen LogP contribution is 2.42. The summed E-state index contributed by atoms with van der Waals surface area (Å²) in [6, 6.07) is 14.1. The minimum absolute atomic E-state index is 0.418. The van der Waals surface area contributed by atoms with Crippen LogP contribution in [-0.2, 0) is 7.05 Å². The van der Waals surface area contributed by atoms with Crippen LogP contribution in [0.2, 0.25) is 0 Å². The molecule has 0 N–H and O–H groups in total. The predicted molar refractivity (Wildman–Crippen MR) is 102 cm³/mol. The van der Waals surface area contributed by atoms with Gasteiger partial charge in [-0.3, -0.25) is 0 Å². The van der Waals surface area contributed by atoms with Gasteiger partial charge < -0.3 is 9.47 Å². The molecule has 0 bridgehead atoms. The lowest BCUT2D eigenvalue weighted by molar-refractivity contribution is 0.767. The summed E-state index contributed by atoms with van der Waals surface area (Å²) in [5, 5.41) is 4.12. The van der Waals surface area contributed by atoms with E-state index in [1.54, 1.807) is 0 Å². The van der Waals surface area contributed by atoms with Gasteiger partial charge in [0.2, 0.25) is 0 Å². The van der Waals surface area contributed by atoms with Crippen LogP contribution >= 0.6 is 0 Å². The van der Waals surface area contributed by atoms with E-state index in [1.807, 2.05) is 0 Å².